The Bertz CT molecular complexity index is 4610. The molecule has 3 aliphatic carbocycles. The van der Waals surface area contributed by atoms with Crippen molar-refractivity contribution >= 4 is 84.0 Å². The second-order valence-corrected chi connectivity index (χ2v) is 35.4. The van der Waals surface area contributed by atoms with E-state index in [1.54, 1.807) is 0 Å². The van der Waals surface area contributed by atoms with Crippen molar-refractivity contribution in [1.29, 1.82) is 0 Å². The van der Waals surface area contributed by atoms with E-state index in [0.717, 1.165) is 42.7 Å². The quantitative estimate of drug-likeness (QED) is 0.154. The SMILES string of the molecule is CC(C)(C)c1ccc(N(c2ccc(C(C)(C)C)cc2)c2ccc3c(c2)N(c2ccc4c(c2)C(C)(C)CCC4(C)C)B2c4sc5cc6c(cc5c4N(c4ccc(C(C)(C)C)cc4-c4ccccc4)c4c2c-3cc2c4C(C)(C)c3ccccc3-2)C(C)(C)CCC6(C)C)cc1. The molecule has 92 heavy (non-hydrogen) atoms. The zero-order valence-electron chi connectivity index (χ0n) is 58.4. The number of thiophene rings is 1. The van der Waals surface area contributed by atoms with Crippen LogP contribution in [0.2, 0.25) is 0 Å². The monoisotopic (exact) mass is 1220 g/mol. The standard InChI is InChI=1S/C87H94BN3S/c1-80(2,3)54-29-34-57(35-30-54)89(58-36-31-55(32-37-58)81(4,5)6)59-38-40-62-65-50-64-61-27-23-24-28-67(61)87(18,19)75(64)78-76(65)88(91(73(62)49-59)60-39-41-68-69(48-60)84(12,13)44-43-83(68,10)11)79-77(66-51-70-71(52-74(66)92-79)86(16,17)46-45-85(70,14)15)90(78)72-42-33-56(82(7,8)9)47-63(72)53-25-21-20-22-26-53/h20-42,47-52H,43-46H2,1-19H3. The Morgan fingerprint density at radius 1 is 0.402 bits per heavy atom. The lowest BCUT2D eigenvalue weighted by Crippen LogP contribution is -2.61. The Morgan fingerprint density at radius 3 is 1.53 bits per heavy atom. The second kappa shape index (κ2) is 20.2. The van der Waals surface area contributed by atoms with E-state index in [2.05, 4.69) is 333 Å². The number of benzene rings is 9. The van der Waals surface area contributed by atoms with Gasteiger partial charge in [-0.05, 0) is 220 Å². The van der Waals surface area contributed by atoms with Gasteiger partial charge in [-0.2, -0.15) is 0 Å². The molecule has 5 heteroatoms. The average Bonchev–Trinajstić information content (AvgIpc) is 1.38. The van der Waals surface area contributed by atoms with E-state index < -0.39 is 0 Å². The van der Waals surface area contributed by atoms with E-state index in [-0.39, 0.29) is 50.2 Å². The summed E-state index contributed by atoms with van der Waals surface area (Å²) in [7, 11) is 0. The number of fused-ring (bicyclic) bond motifs is 12. The number of hydrogen-bond donors (Lipinski definition) is 0. The molecule has 0 atom stereocenters. The van der Waals surface area contributed by atoms with Crippen LogP contribution < -0.4 is 24.9 Å². The minimum Gasteiger partial charge on any atom is -0.376 e. The van der Waals surface area contributed by atoms with Gasteiger partial charge in [0, 0.05) is 65.5 Å². The Hall–Kier alpha value is -7.60. The summed E-state index contributed by atoms with van der Waals surface area (Å²) in [6.45, 7) is 45.8. The molecule has 0 saturated heterocycles. The molecule has 466 valence electrons. The Labute approximate surface area is 555 Å². The van der Waals surface area contributed by atoms with Crippen LogP contribution in [0.5, 0.6) is 0 Å². The first-order chi connectivity index (χ1) is 43.2. The first-order valence-corrected chi connectivity index (χ1v) is 35.1. The Kier molecular flexibility index (Phi) is 13.3. The normalized spacial score (nSPS) is 17.7. The molecule has 0 N–H and O–H groups in total. The number of hydrogen-bond acceptors (Lipinski definition) is 4. The van der Waals surface area contributed by atoms with Crippen molar-refractivity contribution in [2.75, 3.05) is 14.6 Å². The predicted octanol–water partition coefficient (Wildman–Crippen LogP) is 23.6. The van der Waals surface area contributed by atoms with Gasteiger partial charge in [0.1, 0.15) is 0 Å². The van der Waals surface area contributed by atoms with Gasteiger partial charge in [0.15, 0.2) is 0 Å². The minimum atomic E-state index is -0.353. The summed E-state index contributed by atoms with van der Waals surface area (Å²) in [5, 5.41) is 1.35. The highest BCUT2D eigenvalue weighted by Crippen LogP contribution is 2.62. The molecule has 3 heterocycles. The molecule has 5 aliphatic rings. The van der Waals surface area contributed by atoms with Crippen molar-refractivity contribution in [2.45, 2.75) is 201 Å². The second-order valence-electron chi connectivity index (χ2n) is 34.3. The summed E-state index contributed by atoms with van der Waals surface area (Å²) < 4.78 is 2.75. The van der Waals surface area contributed by atoms with Gasteiger partial charge in [0.25, 0.3) is 0 Å². The highest BCUT2D eigenvalue weighted by atomic mass is 32.1. The van der Waals surface area contributed by atoms with Crippen LogP contribution >= 0.6 is 11.3 Å². The van der Waals surface area contributed by atoms with Gasteiger partial charge in [-0.1, -0.05) is 229 Å². The zero-order chi connectivity index (χ0) is 64.9. The molecule has 15 rings (SSSR count). The van der Waals surface area contributed by atoms with Crippen LogP contribution in [0.4, 0.5) is 45.5 Å². The maximum absolute atomic E-state index is 2.86. The fraction of sp³-hybridized carbons (Fsp3) is 0.356. The van der Waals surface area contributed by atoms with Crippen LogP contribution in [0.1, 0.15) is 207 Å². The summed E-state index contributed by atoms with van der Waals surface area (Å²) in [4.78, 5) is 8.22. The molecule has 0 spiro atoms. The number of nitrogens with zero attached hydrogens (tertiary/aromatic N) is 3. The Balaban J connectivity index is 1.11. The topological polar surface area (TPSA) is 9.72 Å². The zero-order valence-corrected chi connectivity index (χ0v) is 59.2. The van der Waals surface area contributed by atoms with Gasteiger partial charge in [-0.25, -0.2) is 0 Å². The van der Waals surface area contributed by atoms with E-state index in [1.807, 2.05) is 0 Å². The largest absolute Gasteiger partial charge is 0.376 e. The lowest BCUT2D eigenvalue weighted by Gasteiger charge is -2.48. The molecule has 2 aliphatic heterocycles. The lowest BCUT2D eigenvalue weighted by molar-refractivity contribution is 0.332. The molecule has 0 unspecified atom stereocenters. The maximum atomic E-state index is 2.86. The number of rotatable bonds is 6. The highest BCUT2D eigenvalue weighted by molar-refractivity contribution is 7.32. The smallest absolute Gasteiger partial charge is 0.343 e. The van der Waals surface area contributed by atoms with Gasteiger partial charge in [0.05, 0.1) is 11.4 Å². The molecular weight excluding hydrogens is 1130 g/mol. The van der Waals surface area contributed by atoms with Gasteiger partial charge in [-0.3, -0.25) is 0 Å². The van der Waals surface area contributed by atoms with E-state index in [0.29, 0.717) is 0 Å². The van der Waals surface area contributed by atoms with Crippen molar-refractivity contribution in [2.24, 2.45) is 0 Å². The third-order valence-electron chi connectivity index (χ3n) is 22.8. The first-order valence-electron chi connectivity index (χ1n) is 34.3. The van der Waals surface area contributed by atoms with E-state index >= 15 is 0 Å². The summed E-state index contributed by atoms with van der Waals surface area (Å²) in [6.07, 6.45) is 4.60. The molecule has 0 radical (unpaired) electrons. The summed E-state index contributed by atoms with van der Waals surface area (Å²) in [5.74, 6) is 0. The molecule has 0 bridgehead atoms. The van der Waals surface area contributed by atoms with Crippen molar-refractivity contribution in [1.82, 2.24) is 0 Å². The minimum absolute atomic E-state index is 0.00515. The summed E-state index contributed by atoms with van der Waals surface area (Å²) >= 11 is 2.06. The van der Waals surface area contributed by atoms with Crippen molar-refractivity contribution in [3.8, 4) is 33.4 Å². The molecule has 0 amide bonds. The van der Waals surface area contributed by atoms with Crippen molar-refractivity contribution in [3.63, 3.8) is 0 Å². The van der Waals surface area contributed by atoms with Crippen molar-refractivity contribution < 1.29 is 0 Å². The average molecular weight is 1220 g/mol. The highest BCUT2D eigenvalue weighted by Gasteiger charge is 2.53. The lowest BCUT2D eigenvalue weighted by atomic mass is 9.45. The van der Waals surface area contributed by atoms with Crippen LogP contribution in [-0.4, -0.2) is 6.85 Å². The van der Waals surface area contributed by atoms with Gasteiger partial charge in [0.2, 0.25) is 0 Å². The van der Waals surface area contributed by atoms with Gasteiger partial charge < -0.3 is 14.6 Å². The summed E-state index contributed by atoms with van der Waals surface area (Å²) in [6, 6.07) is 70.2. The van der Waals surface area contributed by atoms with Crippen LogP contribution in [-0.2, 0) is 43.3 Å². The predicted molar refractivity (Wildman–Crippen MR) is 400 cm³/mol. The molecule has 9 aromatic carbocycles. The first kappa shape index (κ1) is 60.6. The molecule has 1 aromatic heterocycles. The molecule has 0 fully saturated rings. The van der Waals surface area contributed by atoms with Crippen LogP contribution in [0.25, 0.3) is 43.5 Å². The third-order valence-corrected chi connectivity index (χ3v) is 24.0. The van der Waals surface area contributed by atoms with E-state index in [1.165, 1.54) is 132 Å². The Morgan fingerprint density at radius 2 is 0.935 bits per heavy atom. The maximum Gasteiger partial charge on any atom is 0.343 e. The molecule has 3 nitrogen and oxygen atoms in total. The van der Waals surface area contributed by atoms with Gasteiger partial charge in [-0.15, -0.1) is 11.3 Å². The van der Waals surface area contributed by atoms with E-state index in [4.69, 9.17) is 0 Å². The molecule has 10 aromatic rings. The summed E-state index contributed by atoms with van der Waals surface area (Å²) in [5.41, 5.74) is 31.2. The van der Waals surface area contributed by atoms with Gasteiger partial charge >= 0.3 is 6.85 Å². The van der Waals surface area contributed by atoms with Crippen molar-refractivity contribution in [3.05, 3.63) is 226 Å². The fourth-order valence-corrected chi connectivity index (χ4v) is 18.2. The van der Waals surface area contributed by atoms with E-state index in [9.17, 15) is 0 Å². The third kappa shape index (κ3) is 9.29. The van der Waals surface area contributed by atoms with Crippen LogP contribution in [0.3, 0.4) is 0 Å². The van der Waals surface area contributed by atoms with Crippen LogP contribution in [0.15, 0.2) is 176 Å². The fourth-order valence-electron chi connectivity index (χ4n) is 16.9. The van der Waals surface area contributed by atoms with Crippen LogP contribution in [0, 0.1) is 0 Å². The molecule has 0 saturated carbocycles. The number of anilines is 8. The molecular formula is C87H94BN3S.